The van der Waals surface area contributed by atoms with Gasteiger partial charge in [0, 0.05) is 51.1 Å². The van der Waals surface area contributed by atoms with Crippen molar-refractivity contribution in [2.24, 2.45) is 5.92 Å². The quantitative estimate of drug-likeness (QED) is 0.762. The van der Waals surface area contributed by atoms with Gasteiger partial charge < -0.3 is 14.5 Å². The highest BCUT2D eigenvalue weighted by Crippen LogP contribution is 2.36. The first-order chi connectivity index (χ1) is 13.9. The summed E-state index contributed by atoms with van der Waals surface area (Å²) in [5.74, 6) is 2.31. The Bertz CT molecular complexity index is 883. The Morgan fingerprint density at radius 3 is 2.48 bits per heavy atom. The second-order valence-corrected chi connectivity index (χ2v) is 9.51. The fraction of sp³-hybridized carbons (Fsp3) is 0.667. The predicted molar refractivity (Wildman–Crippen MR) is 117 cm³/mol. The van der Waals surface area contributed by atoms with E-state index in [-0.39, 0.29) is 11.8 Å². The van der Waals surface area contributed by atoms with Crippen LogP contribution in [0.4, 0.5) is 5.82 Å². The van der Waals surface area contributed by atoms with E-state index in [0.29, 0.717) is 0 Å². The number of aromatic nitrogens is 2. The number of amides is 1. The van der Waals surface area contributed by atoms with Gasteiger partial charge in [0.25, 0.3) is 0 Å². The molecule has 0 spiro atoms. The lowest BCUT2D eigenvalue weighted by molar-refractivity contribution is -0.133. The molecule has 2 aliphatic rings. The van der Waals surface area contributed by atoms with Gasteiger partial charge in [-0.3, -0.25) is 9.69 Å². The summed E-state index contributed by atoms with van der Waals surface area (Å²) in [6, 6.07) is 0. The molecule has 0 N–H and O–H groups in total. The van der Waals surface area contributed by atoms with Gasteiger partial charge in [-0.15, -0.1) is 11.3 Å². The fourth-order valence-corrected chi connectivity index (χ4v) is 5.28. The molecule has 8 heteroatoms. The molecule has 0 radical (unpaired) electrons. The molecule has 2 fully saturated rings. The Morgan fingerprint density at radius 2 is 1.83 bits per heavy atom. The van der Waals surface area contributed by atoms with Crippen LogP contribution in [0.15, 0.2) is 0 Å². The van der Waals surface area contributed by atoms with Crippen LogP contribution in [-0.2, 0) is 16.1 Å². The van der Waals surface area contributed by atoms with Crippen molar-refractivity contribution in [2.45, 2.75) is 33.2 Å². The van der Waals surface area contributed by atoms with E-state index in [9.17, 15) is 4.79 Å². The lowest BCUT2D eigenvalue weighted by atomic mass is 9.95. The van der Waals surface area contributed by atoms with Crippen LogP contribution in [0.1, 0.15) is 29.1 Å². The van der Waals surface area contributed by atoms with Crippen LogP contribution < -0.4 is 4.90 Å². The summed E-state index contributed by atoms with van der Waals surface area (Å²) in [6.45, 7) is 10.2. The number of hydrogen-bond donors (Lipinski definition) is 0. The molecular formula is C21H31N5O2S. The summed E-state index contributed by atoms with van der Waals surface area (Å²) in [6.07, 6.45) is 1.76. The maximum atomic E-state index is 12.4. The number of carbonyl (C=O) groups is 1. The Hall–Kier alpha value is -1.77. The molecule has 2 aliphatic heterocycles. The molecule has 0 unspecified atom stereocenters. The number of morpholine rings is 1. The molecule has 2 saturated heterocycles. The molecule has 2 aromatic heterocycles. The van der Waals surface area contributed by atoms with E-state index in [1.807, 2.05) is 14.1 Å². The third-order valence-electron chi connectivity index (χ3n) is 6.11. The maximum Gasteiger partial charge on any atom is 0.225 e. The standard InChI is InChI=1S/C21H31N5O2S/c1-14-15(2)29-20-18(14)19(22-17(23-20)13-25-9-11-28-12-10-25)26-7-5-16(6-8-26)21(27)24(3)4/h16H,5-13H2,1-4H3. The number of hydrogen-bond acceptors (Lipinski definition) is 7. The van der Waals surface area contributed by atoms with Crippen molar-refractivity contribution >= 4 is 33.3 Å². The third kappa shape index (κ3) is 4.25. The molecule has 4 heterocycles. The predicted octanol–water partition coefficient (Wildman–Crippen LogP) is 2.44. The minimum Gasteiger partial charge on any atom is -0.379 e. The van der Waals surface area contributed by atoms with Gasteiger partial charge in [-0.05, 0) is 32.3 Å². The van der Waals surface area contributed by atoms with Gasteiger partial charge in [-0.1, -0.05) is 0 Å². The van der Waals surface area contributed by atoms with Gasteiger partial charge in [0.05, 0.1) is 25.1 Å². The van der Waals surface area contributed by atoms with Crippen LogP contribution in [0, 0.1) is 19.8 Å². The van der Waals surface area contributed by atoms with Crippen LogP contribution in [-0.4, -0.2) is 79.2 Å². The highest BCUT2D eigenvalue weighted by molar-refractivity contribution is 7.18. The van der Waals surface area contributed by atoms with Gasteiger partial charge in [0.15, 0.2) is 0 Å². The van der Waals surface area contributed by atoms with Gasteiger partial charge >= 0.3 is 0 Å². The molecule has 2 aromatic rings. The number of anilines is 1. The summed E-state index contributed by atoms with van der Waals surface area (Å²) >= 11 is 1.76. The number of fused-ring (bicyclic) bond motifs is 1. The molecule has 0 bridgehead atoms. The minimum absolute atomic E-state index is 0.122. The molecule has 0 atom stereocenters. The molecule has 7 nitrogen and oxygen atoms in total. The zero-order valence-electron chi connectivity index (χ0n) is 17.9. The Labute approximate surface area is 176 Å². The topological polar surface area (TPSA) is 61.8 Å². The normalized spacial score (nSPS) is 19.1. The number of rotatable bonds is 4. The fourth-order valence-electron chi connectivity index (χ4n) is 4.23. The molecule has 0 saturated carbocycles. The van der Waals surface area contributed by atoms with E-state index in [4.69, 9.17) is 14.7 Å². The number of aryl methyl sites for hydroxylation is 2. The van der Waals surface area contributed by atoms with Crippen molar-refractivity contribution in [3.63, 3.8) is 0 Å². The van der Waals surface area contributed by atoms with Crippen molar-refractivity contribution < 1.29 is 9.53 Å². The van der Waals surface area contributed by atoms with Crippen LogP contribution >= 0.6 is 11.3 Å². The summed E-state index contributed by atoms with van der Waals surface area (Å²) in [4.78, 5) is 31.1. The van der Waals surface area contributed by atoms with E-state index < -0.39 is 0 Å². The zero-order valence-corrected chi connectivity index (χ0v) is 18.7. The van der Waals surface area contributed by atoms with Crippen molar-refractivity contribution in [3.05, 3.63) is 16.3 Å². The lowest BCUT2D eigenvalue weighted by Crippen LogP contribution is -2.40. The largest absolute Gasteiger partial charge is 0.379 e. The summed E-state index contributed by atoms with van der Waals surface area (Å²) < 4.78 is 5.47. The van der Waals surface area contributed by atoms with Crippen molar-refractivity contribution in [1.29, 1.82) is 0 Å². The Balaban J connectivity index is 1.61. The minimum atomic E-state index is 0.122. The summed E-state index contributed by atoms with van der Waals surface area (Å²) in [7, 11) is 3.69. The summed E-state index contributed by atoms with van der Waals surface area (Å²) in [5, 5.41) is 1.19. The van der Waals surface area contributed by atoms with E-state index in [2.05, 4.69) is 23.6 Å². The smallest absolute Gasteiger partial charge is 0.225 e. The number of nitrogens with zero attached hydrogens (tertiary/aromatic N) is 5. The third-order valence-corrected chi connectivity index (χ3v) is 7.21. The second-order valence-electron chi connectivity index (χ2n) is 8.31. The van der Waals surface area contributed by atoms with Crippen molar-refractivity contribution in [2.75, 3.05) is 58.4 Å². The van der Waals surface area contributed by atoms with Crippen LogP contribution in [0.25, 0.3) is 10.2 Å². The molecule has 158 valence electrons. The molecule has 29 heavy (non-hydrogen) atoms. The molecular weight excluding hydrogens is 386 g/mol. The van der Waals surface area contributed by atoms with Crippen LogP contribution in [0.5, 0.6) is 0 Å². The first kappa shape index (κ1) is 20.5. The number of piperidine rings is 1. The Kier molecular flexibility index (Phi) is 6.03. The van der Waals surface area contributed by atoms with E-state index >= 15 is 0 Å². The second kappa shape index (κ2) is 8.53. The van der Waals surface area contributed by atoms with E-state index in [0.717, 1.165) is 75.3 Å². The average Bonchev–Trinajstić information content (AvgIpc) is 3.01. The van der Waals surface area contributed by atoms with Crippen molar-refractivity contribution in [1.82, 2.24) is 19.8 Å². The van der Waals surface area contributed by atoms with Gasteiger partial charge in [0.1, 0.15) is 16.5 Å². The van der Waals surface area contributed by atoms with Gasteiger partial charge in [0.2, 0.25) is 5.91 Å². The van der Waals surface area contributed by atoms with E-state index in [1.54, 1.807) is 16.2 Å². The molecule has 0 aromatic carbocycles. The number of thiophene rings is 1. The zero-order chi connectivity index (χ0) is 20.5. The van der Waals surface area contributed by atoms with Crippen molar-refractivity contribution in [3.8, 4) is 0 Å². The van der Waals surface area contributed by atoms with Gasteiger partial charge in [-0.25, -0.2) is 9.97 Å². The van der Waals surface area contributed by atoms with E-state index in [1.165, 1.54) is 15.8 Å². The lowest BCUT2D eigenvalue weighted by Gasteiger charge is -2.34. The average molecular weight is 418 g/mol. The highest BCUT2D eigenvalue weighted by Gasteiger charge is 2.29. The monoisotopic (exact) mass is 417 g/mol. The molecule has 4 rings (SSSR count). The molecule has 1 amide bonds. The summed E-state index contributed by atoms with van der Waals surface area (Å²) in [5.41, 5.74) is 1.28. The van der Waals surface area contributed by atoms with Crippen LogP contribution in [0.2, 0.25) is 0 Å². The SMILES string of the molecule is Cc1sc2nc(CN3CCOCC3)nc(N3CCC(C(=O)N(C)C)CC3)c2c1C. The first-order valence-corrected chi connectivity index (χ1v) is 11.3. The number of carbonyl (C=O) groups excluding carboxylic acids is 1. The van der Waals surface area contributed by atoms with Gasteiger partial charge in [-0.2, -0.15) is 0 Å². The first-order valence-electron chi connectivity index (χ1n) is 10.5. The molecule has 0 aliphatic carbocycles. The van der Waals surface area contributed by atoms with Crippen LogP contribution in [0.3, 0.4) is 0 Å². The number of ether oxygens (including phenoxy) is 1. The maximum absolute atomic E-state index is 12.4. The highest BCUT2D eigenvalue weighted by atomic mass is 32.1. The Morgan fingerprint density at radius 1 is 1.14 bits per heavy atom.